The smallest absolute Gasteiger partial charge is 0.264 e. The van der Waals surface area contributed by atoms with Gasteiger partial charge in [-0.3, -0.25) is 14.4 Å². The van der Waals surface area contributed by atoms with Crippen LogP contribution >= 0.6 is 0 Å². The van der Waals surface area contributed by atoms with Gasteiger partial charge in [0.25, 0.3) is 15.9 Å². The molecule has 0 radical (unpaired) electrons. The fourth-order valence-corrected chi connectivity index (χ4v) is 6.22. The van der Waals surface area contributed by atoms with Gasteiger partial charge in [-0.05, 0) is 49.1 Å². The molecule has 2 rings (SSSR count). The van der Waals surface area contributed by atoms with Crippen LogP contribution in [0.15, 0.2) is 71.1 Å². The minimum absolute atomic E-state index is 0.0876. The predicted octanol–water partition coefficient (Wildman–Crippen LogP) is 3.89. The molecule has 3 atom stereocenters. The van der Waals surface area contributed by atoms with Crippen LogP contribution in [-0.2, 0) is 29.8 Å². The molecule has 0 aromatic heterocycles. The number of likely N-dealkylation sites (N-methyl/N-ethyl adjacent to an activating group) is 2. The van der Waals surface area contributed by atoms with Gasteiger partial charge in [-0.15, -0.1) is 0 Å². The standard InChI is InChI=1S/C34H47N5O5S/c1-22(2)27(19-23(3)30(40)38-45(43,44)26-18-14-15-24(20-26)21-35)39(10)32(42)29(33(4,5)6)37-31(41)28(36-9)34(7,8)25-16-12-11-13-17-25/h11-20,22,27-29,36H,1-10H3,(H,37,41)(H,38,40)/b23-19+. The molecule has 0 spiro atoms. The van der Waals surface area contributed by atoms with Crippen LogP contribution in [0.3, 0.4) is 0 Å². The van der Waals surface area contributed by atoms with Crippen LogP contribution in [0.4, 0.5) is 0 Å². The molecular weight excluding hydrogens is 590 g/mol. The first-order valence-electron chi connectivity index (χ1n) is 14.8. The van der Waals surface area contributed by atoms with Crippen molar-refractivity contribution in [1.29, 1.82) is 5.26 Å². The van der Waals surface area contributed by atoms with E-state index < -0.39 is 44.9 Å². The first-order chi connectivity index (χ1) is 20.8. The summed E-state index contributed by atoms with van der Waals surface area (Å²) in [5.41, 5.74) is -0.0671. The molecule has 3 unspecified atom stereocenters. The lowest BCUT2D eigenvalue weighted by atomic mass is 9.76. The molecule has 0 fully saturated rings. The third-order valence-corrected chi connectivity index (χ3v) is 9.28. The Morgan fingerprint density at radius 2 is 1.56 bits per heavy atom. The van der Waals surface area contributed by atoms with Crippen LogP contribution < -0.4 is 15.4 Å². The lowest BCUT2D eigenvalue weighted by Crippen LogP contribution is -2.61. The van der Waals surface area contributed by atoms with Gasteiger partial charge in [-0.2, -0.15) is 5.26 Å². The molecule has 2 aromatic rings. The molecule has 0 saturated heterocycles. The van der Waals surface area contributed by atoms with E-state index in [1.165, 1.54) is 36.1 Å². The number of nitrogens with one attached hydrogen (secondary N) is 3. The van der Waals surface area contributed by atoms with E-state index >= 15 is 0 Å². The Hall–Kier alpha value is -4.01. The van der Waals surface area contributed by atoms with Gasteiger partial charge in [0.15, 0.2) is 0 Å². The van der Waals surface area contributed by atoms with Crippen molar-refractivity contribution < 1.29 is 22.8 Å². The third-order valence-electron chi connectivity index (χ3n) is 7.95. The maximum absolute atomic E-state index is 14.1. The highest BCUT2D eigenvalue weighted by Crippen LogP contribution is 2.29. The van der Waals surface area contributed by atoms with Crippen molar-refractivity contribution in [1.82, 2.24) is 20.3 Å². The van der Waals surface area contributed by atoms with Gasteiger partial charge in [0.1, 0.15) is 6.04 Å². The molecule has 11 heteroatoms. The van der Waals surface area contributed by atoms with Crippen molar-refractivity contribution in [2.75, 3.05) is 14.1 Å². The summed E-state index contributed by atoms with van der Waals surface area (Å²) in [5, 5.41) is 15.2. The van der Waals surface area contributed by atoms with Gasteiger partial charge in [-0.25, -0.2) is 13.1 Å². The summed E-state index contributed by atoms with van der Waals surface area (Å²) in [7, 11) is -0.929. The highest BCUT2D eigenvalue weighted by molar-refractivity contribution is 7.90. The zero-order valence-corrected chi connectivity index (χ0v) is 28.7. The Morgan fingerprint density at radius 3 is 2.07 bits per heavy atom. The summed E-state index contributed by atoms with van der Waals surface area (Å²) in [6.45, 7) is 14.8. The Balaban J connectivity index is 2.34. The average Bonchev–Trinajstić information content (AvgIpc) is 2.97. The monoisotopic (exact) mass is 637 g/mol. The van der Waals surface area contributed by atoms with Crippen molar-refractivity contribution in [2.45, 2.75) is 83.8 Å². The second-order valence-corrected chi connectivity index (χ2v) is 14.9. The molecule has 0 saturated carbocycles. The van der Waals surface area contributed by atoms with Crippen LogP contribution in [0, 0.1) is 22.7 Å². The summed E-state index contributed by atoms with van der Waals surface area (Å²) < 4.78 is 27.7. The van der Waals surface area contributed by atoms with Gasteiger partial charge >= 0.3 is 0 Å². The largest absolute Gasteiger partial charge is 0.342 e. The van der Waals surface area contributed by atoms with E-state index in [1.54, 1.807) is 20.2 Å². The van der Waals surface area contributed by atoms with E-state index in [4.69, 9.17) is 5.26 Å². The number of hydrogen-bond donors (Lipinski definition) is 3. The van der Waals surface area contributed by atoms with Crippen LogP contribution in [0.25, 0.3) is 0 Å². The van der Waals surface area contributed by atoms with Crippen molar-refractivity contribution in [3.8, 4) is 6.07 Å². The number of amides is 3. The molecule has 0 aliphatic rings. The summed E-state index contributed by atoms with van der Waals surface area (Å²) in [5.74, 6) is -1.70. The highest BCUT2D eigenvalue weighted by atomic mass is 32.2. The Labute approximate surface area is 268 Å². The zero-order valence-electron chi connectivity index (χ0n) is 27.9. The number of nitriles is 1. The van der Waals surface area contributed by atoms with Crippen molar-refractivity contribution in [3.63, 3.8) is 0 Å². The van der Waals surface area contributed by atoms with Crippen LogP contribution in [0.5, 0.6) is 0 Å². The zero-order chi connectivity index (χ0) is 34.3. The van der Waals surface area contributed by atoms with Gasteiger partial charge < -0.3 is 15.5 Å². The summed E-state index contributed by atoms with van der Waals surface area (Å²) in [6.07, 6.45) is 1.55. The van der Waals surface area contributed by atoms with Crippen molar-refractivity contribution in [2.24, 2.45) is 11.3 Å². The number of nitrogens with zero attached hydrogens (tertiary/aromatic N) is 2. The molecule has 10 nitrogen and oxygen atoms in total. The molecule has 0 heterocycles. The van der Waals surface area contributed by atoms with Crippen LogP contribution in [-0.4, -0.2) is 63.3 Å². The van der Waals surface area contributed by atoms with Gasteiger partial charge in [0.2, 0.25) is 11.8 Å². The second-order valence-electron chi connectivity index (χ2n) is 13.2. The minimum Gasteiger partial charge on any atom is -0.342 e. The molecule has 0 aliphatic heterocycles. The molecular formula is C34H47N5O5S. The highest BCUT2D eigenvalue weighted by Gasteiger charge is 2.41. The maximum Gasteiger partial charge on any atom is 0.264 e. The molecule has 2 aromatic carbocycles. The quantitative estimate of drug-likeness (QED) is 0.299. The lowest BCUT2D eigenvalue weighted by Gasteiger charge is -2.40. The minimum atomic E-state index is -4.24. The number of sulfonamides is 1. The van der Waals surface area contributed by atoms with Crippen LogP contribution in [0.1, 0.15) is 66.5 Å². The first kappa shape index (κ1) is 37.2. The number of carbonyl (C=O) groups excluding carboxylic acids is 3. The Morgan fingerprint density at radius 1 is 0.956 bits per heavy atom. The van der Waals surface area contributed by atoms with E-state index in [1.807, 2.05) is 89.6 Å². The number of carbonyl (C=O) groups is 3. The maximum atomic E-state index is 14.1. The third kappa shape index (κ3) is 9.25. The molecule has 3 N–H and O–H groups in total. The van der Waals surface area contributed by atoms with Crippen molar-refractivity contribution in [3.05, 3.63) is 77.4 Å². The topological polar surface area (TPSA) is 148 Å². The van der Waals surface area contributed by atoms with Gasteiger partial charge in [0, 0.05) is 18.0 Å². The van der Waals surface area contributed by atoms with E-state index in [2.05, 4.69) is 10.6 Å². The molecule has 244 valence electrons. The summed E-state index contributed by atoms with van der Waals surface area (Å²) >= 11 is 0. The number of hydrogen-bond acceptors (Lipinski definition) is 7. The summed E-state index contributed by atoms with van der Waals surface area (Å²) in [4.78, 5) is 42.1. The van der Waals surface area contributed by atoms with Crippen LogP contribution in [0.2, 0.25) is 0 Å². The number of benzene rings is 2. The fraction of sp³-hybridized carbons (Fsp3) is 0.471. The lowest BCUT2D eigenvalue weighted by molar-refractivity contribution is -0.140. The molecule has 0 aliphatic carbocycles. The van der Waals surface area contributed by atoms with Gasteiger partial charge in [-0.1, -0.05) is 90.9 Å². The molecule has 3 amide bonds. The van der Waals surface area contributed by atoms with Gasteiger partial charge in [0.05, 0.1) is 28.6 Å². The van der Waals surface area contributed by atoms with E-state index in [0.717, 1.165) is 5.56 Å². The number of rotatable bonds is 12. The Bertz CT molecular complexity index is 1550. The molecule has 0 bridgehead atoms. The van der Waals surface area contributed by atoms with Crippen molar-refractivity contribution >= 4 is 27.7 Å². The van der Waals surface area contributed by atoms with E-state index in [9.17, 15) is 22.8 Å². The van der Waals surface area contributed by atoms with E-state index in [-0.39, 0.29) is 33.8 Å². The Kier molecular flexibility index (Phi) is 12.3. The average molecular weight is 638 g/mol. The second kappa shape index (κ2) is 14.8. The van der Waals surface area contributed by atoms with E-state index in [0.29, 0.717) is 0 Å². The molecule has 45 heavy (non-hydrogen) atoms. The predicted molar refractivity (Wildman–Crippen MR) is 175 cm³/mol. The first-order valence-corrected chi connectivity index (χ1v) is 16.3. The SMILES string of the molecule is CNC(C(=O)NC(C(=O)N(C)C(/C=C(\C)C(=O)NS(=O)(=O)c1cccc(C#N)c1)C(C)C)C(C)(C)C)C(C)(C)c1ccccc1. The normalized spacial score (nSPS) is 14.6. The fourth-order valence-electron chi connectivity index (χ4n) is 5.16. The summed E-state index contributed by atoms with van der Waals surface area (Å²) in [6, 6.07) is 14.7.